The van der Waals surface area contributed by atoms with E-state index in [0.29, 0.717) is 5.58 Å². The van der Waals surface area contributed by atoms with Crippen molar-refractivity contribution in [1.82, 2.24) is 0 Å². The molecule has 0 radical (unpaired) electrons. The van der Waals surface area contributed by atoms with Crippen molar-refractivity contribution in [2.45, 2.75) is 6.54 Å². The summed E-state index contributed by atoms with van der Waals surface area (Å²) in [5.41, 5.74) is 1.43. The van der Waals surface area contributed by atoms with E-state index in [0.717, 1.165) is 21.6 Å². The minimum atomic E-state index is -0.323. The van der Waals surface area contributed by atoms with E-state index >= 15 is 0 Å². The van der Waals surface area contributed by atoms with E-state index in [1.54, 1.807) is 18.2 Å². The number of fused-ring (bicyclic) bond motifs is 1. The summed E-state index contributed by atoms with van der Waals surface area (Å²) in [7, 11) is 0. The molecular formula is C9H5NO3S. The number of aliphatic imine (C=N–C) groups is 1. The fourth-order valence-corrected chi connectivity index (χ4v) is 1.87. The second-order valence-electron chi connectivity index (χ2n) is 2.64. The summed E-state index contributed by atoms with van der Waals surface area (Å²) in [6, 6.07) is 5.24. The highest BCUT2D eigenvalue weighted by Crippen LogP contribution is 2.18. The standard InChI is InChI=1S/C9H5NO3S/c11-5-10-4-6-1-2-7-8(3-6)14-9(12)13-7/h1-3H,4H2. The number of carbonyl (C=O) groups excluding carboxylic acids is 1. The maximum atomic E-state index is 10.9. The summed E-state index contributed by atoms with van der Waals surface area (Å²) in [6.45, 7) is 0.283. The van der Waals surface area contributed by atoms with Crippen molar-refractivity contribution in [1.29, 1.82) is 0 Å². The third kappa shape index (κ3) is 1.64. The van der Waals surface area contributed by atoms with Crippen molar-refractivity contribution in [2.24, 2.45) is 4.99 Å². The van der Waals surface area contributed by atoms with Crippen molar-refractivity contribution in [2.75, 3.05) is 0 Å². The van der Waals surface area contributed by atoms with E-state index in [4.69, 9.17) is 4.42 Å². The molecule has 0 saturated heterocycles. The lowest BCUT2D eigenvalue weighted by Crippen LogP contribution is -1.79. The molecule has 0 saturated carbocycles. The number of nitrogens with zero attached hydrogens (tertiary/aromatic N) is 1. The van der Waals surface area contributed by atoms with Crippen molar-refractivity contribution in [3.63, 3.8) is 0 Å². The smallest absolute Gasteiger partial charge is 0.396 e. The summed E-state index contributed by atoms with van der Waals surface area (Å²) in [5.74, 6) is 0. The Morgan fingerprint density at radius 1 is 1.50 bits per heavy atom. The molecular weight excluding hydrogens is 202 g/mol. The molecule has 0 aliphatic heterocycles. The molecule has 1 aromatic heterocycles. The molecule has 0 amide bonds. The van der Waals surface area contributed by atoms with Gasteiger partial charge in [-0.25, -0.2) is 14.6 Å². The predicted octanol–water partition coefficient (Wildman–Crippen LogP) is 1.69. The zero-order valence-electron chi connectivity index (χ0n) is 7.02. The van der Waals surface area contributed by atoms with Gasteiger partial charge in [0.05, 0.1) is 11.2 Å². The van der Waals surface area contributed by atoms with Gasteiger partial charge in [-0.05, 0) is 17.7 Å². The predicted molar refractivity (Wildman–Crippen MR) is 52.2 cm³/mol. The van der Waals surface area contributed by atoms with E-state index in [-0.39, 0.29) is 11.5 Å². The van der Waals surface area contributed by atoms with Crippen LogP contribution in [0.1, 0.15) is 5.56 Å². The number of rotatable bonds is 2. The Morgan fingerprint density at radius 3 is 3.14 bits per heavy atom. The normalized spacial score (nSPS) is 10.0. The zero-order valence-corrected chi connectivity index (χ0v) is 7.84. The van der Waals surface area contributed by atoms with Crippen LogP contribution in [0.4, 0.5) is 0 Å². The first kappa shape index (κ1) is 8.87. The van der Waals surface area contributed by atoms with Crippen LogP contribution in [0, 0.1) is 0 Å². The van der Waals surface area contributed by atoms with Crippen LogP contribution < -0.4 is 4.94 Å². The Morgan fingerprint density at radius 2 is 2.36 bits per heavy atom. The second-order valence-corrected chi connectivity index (χ2v) is 3.62. The molecule has 0 spiro atoms. The minimum Gasteiger partial charge on any atom is -0.414 e. The van der Waals surface area contributed by atoms with Crippen LogP contribution in [0.25, 0.3) is 10.3 Å². The average molecular weight is 207 g/mol. The topological polar surface area (TPSA) is 59.6 Å². The maximum Gasteiger partial charge on any atom is 0.396 e. The molecule has 0 fully saturated rings. The average Bonchev–Trinajstić information content (AvgIpc) is 2.54. The molecule has 0 aliphatic rings. The Labute approximate surface area is 82.5 Å². The first-order chi connectivity index (χ1) is 6.79. The molecule has 0 bridgehead atoms. The van der Waals surface area contributed by atoms with Gasteiger partial charge in [0, 0.05) is 0 Å². The minimum absolute atomic E-state index is 0.283. The molecule has 0 atom stereocenters. The fourth-order valence-electron chi connectivity index (χ4n) is 1.14. The third-order valence-electron chi connectivity index (χ3n) is 1.72. The van der Waals surface area contributed by atoms with Gasteiger partial charge in [0.25, 0.3) is 0 Å². The third-order valence-corrected chi connectivity index (χ3v) is 2.51. The number of hydrogen-bond donors (Lipinski definition) is 0. The molecule has 0 aliphatic carbocycles. The van der Waals surface area contributed by atoms with Gasteiger partial charge in [-0.2, -0.15) is 0 Å². The van der Waals surface area contributed by atoms with Gasteiger partial charge in [0.2, 0.25) is 6.08 Å². The molecule has 1 aromatic carbocycles. The monoisotopic (exact) mass is 207 g/mol. The van der Waals surface area contributed by atoms with Crippen LogP contribution >= 0.6 is 11.3 Å². The highest BCUT2D eigenvalue weighted by atomic mass is 32.1. The van der Waals surface area contributed by atoms with Gasteiger partial charge >= 0.3 is 4.94 Å². The summed E-state index contributed by atoms with van der Waals surface area (Å²) >= 11 is 1.04. The van der Waals surface area contributed by atoms with Crippen molar-refractivity contribution in [3.8, 4) is 0 Å². The van der Waals surface area contributed by atoms with Crippen LogP contribution in [-0.2, 0) is 11.3 Å². The van der Waals surface area contributed by atoms with E-state index in [2.05, 4.69) is 4.99 Å². The Bertz CT molecular complexity index is 563. The summed E-state index contributed by atoms with van der Waals surface area (Å²) in [6.07, 6.45) is 1.46. The second kappa shape index (κ2) is 3.57. The fraction of sp³-hybridized carbons (Fsp3) is 0.111. The maximum absolute atomic E-state index is 10.9. The highest BCUT2D eigenvalue weighted by molar-refractivity contribution is 7.16. The van der Waals surface area contributed by atoms with Gasteiger partial charge in [-0.1, -0.05) is 17.4 Å². The largest absolute Gasteiger partial charge is 0.414 e. The number of isocyanates is 1. The first-order valence-corrected chi connectivity index (χ1v) is 4.67. The van der Waals surface area contributed by atoms with Crippen molar-refractivity contribution < 1.29 is 9.21 Å². The Kier molecular flexibility index (Phi) is 2.26. The lowest BCUT2D eigenvalue weighted by atomic mass is 10.2. The Balaban J connectivity index is 2.50. The van der Waals surface area contributed by atoms with Gasteiger partial charge in [0.1, 0.15) is 5.58 Å². The van der Waals surface area contributed by atoms with Gasteiger partial charge in [0.15, 0.2) is 0 Å². The lowest BCUT2D eigenvalue weighted by Gasteiger charge is -1.92. The lowest BCUT2D eigenvalue weighted by molar-refractivity contribution is 0.563. The van der Waals surface area contributed by atoms with Crippen LogP contribution in [-0.4, -0.2) is 6.08 Å². The molecule has 0 N–H and O–H groups in total. The molecule has 2 aromatic rings. The van der Waals surface area contributed by atoms with Gasteiger partial charge < -0.3 is 4.42 Å². The molecule has 2 rings (SSSR count). The number of benzene rings is 1. The molecule has 5 heteroatoms. The number of hydrogen-bond acceptors (Lipinski definition) is 5. The molecule has 1 heterocycles. The van der Waals surface area contributed by atoms with Gasteiger partial charge in [-0.15, -0.1) is 0 Å². The SMILES string of the molecule is O=C=NCc1ccc2oc(=O)sc2c1. The van der Waals surface area contributed by atoms with Crippen molar-refractivity contribution >= 4 is 27.7 Å². The van der Waals surface area contributed by atoms with Gasteiger partial charge in [-0.3, -0.25) is 0 Å². The summed E-state index contributed by atoms with van der Waals surface area (Å²) in [5, 5.41) is 0. The summed E-state index contributed by atoms with van der Waals surface area (Å²) < 4.78 is 5.65. The molecule has 70 valence electrons. The van der Waals surface area contributed by atoms with E-state index in [1.807, 2.05) is 0 Å². The van der Waals surface area contributed by atoms with Crippen LogP contribution in [0.15, 0.2) is 32.4 Å². The summed E-state index contributed by atoms with van der Waals surface area (Å²) in [4.78, 5) is 23.9. The quantitative estimate of drug-likeness (QED) is 0.556. The van der Waals surface area contributed by atoms with Crippen LogP contribution in [0.3, 0.4) is 0 Å². The van der Waals surface area contributed by atoms with E-state index in [1.165, 1.54) is 6.08 Å². The van der Waals surface area contributed by atoms with Crippen LogP contribution in [0.5, 0.6) is 0 Å². The highest BCUT2D eigenvalue weighted by Gasteiger charge is 2.02. The molecule has 4 nitrogen and oxygen atoms in total. The Hall–Kier alpha value is -1.71. The first-order valence-electron chi connectivity index (χ1n) is 3.86. The van der Waals surface area contributed by atoms with Crippen LogP contribution in [0.2, 0.25) is 0 Å². The van der Waals surface area contributed by atoms with E-state index < -0.39 is 0 Å². The van der Waals surface area contributed by atoms with E-state index in [9.17, 15) is 9.59 Å². The van der Waals surface area contributed by atoms with Crippen molar-refractivity contribution in [3.05, 3.63) is 33.5 Å². The molecule has 14 heavy (non-hydrogen) atoms. The zero-order chi connectivity index (χ0) is 9.97. The molecule has 0 unspecified atom stereocenters.